The van der Waals surface area contributed by atoms with Crippen molar-refractivity contribution in [1.82, 2.24) is 4.90 Å². The minimum Gasteiger partial charge on any atom is -0.479 e. The van der Waals surface area contributed by atoms with Crippen LogP contribution < -0.4 is 0 Å². The van der Waals surface area contributed by atoms with Crippen LogP contribution in [0.15, 0.2) is 24.0 Å². The fraction of sp³-hybridized carbons (Fsp3) is 0.632. The SMILES string of the molecule is CO[C@H](C(=O)N1C(=O)OC[C@@H]1C(C)C)[C@H]1OC(=CCCOCCO)C=CC1=O. The van der Waals surface area contributed by atoms with Gasteiger partial charge in [0.1, 0.15) is 12.4 Å². The van der Waals surface area contributed by atoms with Crippen LogP contribution in [0.2, 0.25) is 0 Å². The zero-order chi connectivity index (χ0) is 20.7. The number of carbonyl (C=O) groups is 3. The Hall–Kier alpha value is -2.23. The molecule has 2 aliphatic rings. The van der Waals surface area contributed by atoms with E-state index in [1.54, 1.807) is 6.08 Å². The van der Waals surface area contributed by atoms with Crippen molar-refractivity contribution in [3.05, 3.63) is 24.0 Å². The van der Waals surface area contributed by atoms with Crippen LogP contribution >= 0.6 is 0 Å². The topological polar surface area (TPSA) is 112 Å². The molecular formula is C19H27NO8. The molecule has 0 aliphatic carbocycles. The third kappa shape index (κ3) is 5.18. The highest BCUT2D eigenvalue weighted by Gasteiger charge is 2.47. The summed E-state index contributed by atoms with van der Waals surface area (Å²) >= 11 is 0. The van der Waals surface area contributed by atoms with Crippen LogP contribution in [0, 0.1) is 5.92 Å². The standard InChI is InChI=1S/C19H27NO8/c1-12(2)14-11-27-19(24)20(14)18(23)17(25-3)16-15(22)7-6-13(28-16)5-4-9-26-10-8-21/h5-7,12,14,16-17,21H,4,8-11H2,1-3H3/t14-,16+,17+/m1/s1. The third-order valence-corrected chi connectivity index (χ3v) is 4.48. The molecule has 156 valence electrons. The Morgan fingerprint density at radius 1 is 1.36 bits per heavy atom. The van der Waals surface area contributed by atoms with Crippen LogP contribution in [0.25, 0.3) is 0 Å². The lowest BCUT2D eigenvalue weighted by Gasteiger charge is -2.31. The molecule has 0 bridgehead atoms. The van der Waals surface area contributed by atoms with E-state index in [-0.39, 0.29) is 25.7 Å². The van der Waals surface area contributed by atoms with Crippen molar-refractivity contribution in [1.29, 1.82) is 0 Å². The van der Waals surface area contributed by atoms with Gasteiger partial charge in [-0.2, -0.15) is 0 Å². The predicted octanol–water partition coefficient (Wildman–Crippen LogP) is 0.812. The summed E-state index contributed by atoms with van der Waals surface area (Å²) in [4.78, 5) is 38.3. The average molecular weight is 397 g/mol. The third-order valence-electron chi connectivity index (χ3n) is 4.48. The van der Waals surface area contributed by atoms with E-state index in [0.717, 1.165) is 4.90 Å². The molecule has 2 aliphatic heterocycles. The van der Waals surface area contributed by atoms with Crippen molar-refractivity contribution in [2.45, 2.75) is 38.5 Å². The number of ketones is 1. The molecule has 9 nitrogen and oxygen atoms in total. The highest BCUT2D eigenvalue weighted by molar-refractivity contribution is 6.03. The minimum absolute atomic E-state index is 0.00912. The smallest absolute Gasteiger partial charge is 0.417 e. The Balaban J connectivity index is 2.10. The molecule has 0 unspecified atom stereocenters. The molecule has 1 fully saturated rings. The number of aliphatic hydroxyl groups is 1. The fourth-order valence-electron chi connectivity index (χ4n) is 2.95. The number of carbonyl (C=O) groups excluding carboxylic acids is 3. The monoisotopic (exact) mass is 397 g/mol. The Bertz CT molecular complexity index is 642. The summed E-state index contributed by atoms with van der Waals surface area (Å²) in [7, 11) is 1.29. The van der Waals surface area contributed by atoms with Crippen molar-refractivity contribution in [3.63, 3.8) is 0 Å². The second-order valence-electron chi connectivity index (χ2n) is 6.76. The van der Waals surface area contributed by atoms with Crippen molar-refractivity contribution < 1.29 is 38.4 Å². The van der Waals surface area contributed by atoms with E-state index in [0.29, 0.717) is 18.8 Å². The number of rotatable bonds is 9. The van der Waals surface area contributed by atoms with Crippen LogP contribution in [-0.2, 0) is 28.5 Å². The summed E-state index contributed by atoms with van der Waals surface area (Å²) in [5.41, 5.74) is 0. The summed E-state index contributed by atoms with van der Waals surface area (Å²) in [5, 5.41) is 8.68. The molecule has 0 saturated carbocycles. The van der Waals surface area contributed by atoms with Crippen LogP contribution in [0.1, 0.15) is 20.3 Å². The maximum Gasteiger partial charge on any atom is 0.417 e. The van der Waals surface area contributed by atoms with Crippen LogP contribution in [0.3, 0.4) is 0 Å². The lowest BCUT2D eigenvalue weighted by Crippen LogP contribution is -2.53. The van der Waals surface area contributed by atoms with Gasteiger partial charge in [-0.3, -0.25) is 9.59 Å². The first-order chi connectivity index (χ1) is 13.4. The first-order valence-electron chi connectivity index (χ1n) is 9.20. The molecule has 3 atom stereocenters. The van der Waals surface area contributed by atoms with Gasteiger partial charge in [-0.25, -0.2) is 9.69 Å². The summed E-state index contributed by atoms with van der Waals surface area (Å²) in [5.74, 6) is -0.702. The van der Waals surface area contributed by atoms with Crippen molar-refractivity contribution in [3.8, 4) is 0 Å². The molecule has 0 aromatic rings. The number of cyclic esters (lactones) is 1. The summed E-state index contributed by atoms with van der Waals surface area (Å²) in [6.45, 7) is 4.42. The van der Waals surface area contributed by atoms with Crippen molar-refractivity contribution in [2.75, 3.05) is 33.5 Å². The number of nitrogens with zero attached hydrogens (tertiary/aromatic N) is 1. The summed E-state index contributed by atoms with van der Waals surface area (Å²) in [6, 6.07) is -0.425. The molecule has 2 heterocycles. The number of ether oxygens (including phenoxy) is 4. The molecule has 9 heteroatoms. The highest BCUT2D eigenvalue weighted by Crippen LogP contribution is 2.25. The zero-order valence-electron chi connectivity index (χ0n) is 16.3. The summed E-state index contributed by atoms with van der Waals surface area (Å²) in [6.07, 6.45) is 1.80. The normalized spacial score (nSPS) is 24.6. The van der Waals surface area contributed by atoms with Crippen molar-refractivity contribution >= 4 is 17.8 Å². The first kappa shape index (κ1) is 22.1. The molecule has 2 amide bonds. The molecule has 0 aromatic carbocycles. The number of hydrogen-bond donors (Lipinski definition) is 1. The van der Waals surface area contributed by atoms with Crippen LogP contribution in [0.4, 0.5) is 4.79 Å². The second kappa shape index (κ2) is 10.4. The zero-order valence-corrected chi connectivity index (χ0v) is 16.3. The molecule has 1 N–H and O–H groups in total. The molecule has 2 rings (SSSR count). The fourth-order valence-corrected chi connectivity index (χ4v) is 2.95. The van der Waals surface area contributed by atoms with E-state index in [1.165, 1.54) is 19.3 Å². The first-order valence-corrected chi connectivity index (χ1v) is 9.20. The lowest BCUT2D eigenvalue weighted by molar-refractivity contribution is -0.154. The lowest BCUT2D eigenvalue weighted by atomic mass is 10.0. The maximum atomic E-state index is 13.0. The summed E-state index contributed by atoms with van der Waals surface area (Å²) < 4.78 is 21.1. The molecule has 28 heavy (non-hydrogen) atoms. The number of allylic oxidation sites excluding steroid dienone is 1. The van der Waals surface area contributed by atoms with E-state index in [9.17, 15) is 14.4 Å². The molecule has 0 aromatic heterocycles. The van der Waals surface area contributed by atoms with Gasteiger partial charge in [0.25, 0.3) is 5.91 Å². The van der Waals surface area contributed by atoms with E-state index >= 15 is 0 Å². The van der Waals surface area contributed by atoms with E-state index in [2.05, 4.69) is 0 Å². The van der Waals surface area contributed by atoms with Gasteiger partial charge in [0, 0.05) is 7.11 Å². The maximum absolute atomic E-state index is 13.0. The number of aliphatic hydroxyl groups excluding tert-OH is 1. The van der Waals surface area contributed by atoms with Gasteiger partial charge in [-0.15, -0.1) is 0 Å². The highest BCUT2D eigenvalue weighted by atomic mass is 16.6. The molecule has 1 saturated heterocycles. The quantitative estimate of drug-likeness (QED) is 0.569. The van der Waals surface area contributed by atoms with Gasteiger partial charge >= 0.3 is 6.09 Å². The molecule has 0 radical (unpaired) electrons. The van der Waals surface area contributed by atoms with Gasteiger partial charge in [-0.1, -0.05) is 13.8 Å². The molecular weight excluding hydrogens is 370 g/mol. The van der Waals surface area contributed by atoms with Gasteiger partial charge in [-0.05, 0) is 30.6 Å². The van der Waals surface area contributed by atoms with Gasteiger partial charge < -0.3 is 24.1 Å². The number of hydrogen-bond acceptors (Lipinski definition) is 8. The average Bonchev–Trinajstić information content (AvgIpc) is 3.06. The number of methoxy groups -OCH3 is 1. The van der Waals surface area contributed by atoms with E-state index < -0.39 is 36.0 Å². The minimum atomic E-state index is -1.28. The number of imide groups is 1. The number of amides is 2. The van der Waals surface area contributed by atoms with E-state index in [4.69, 9.17) is 24.1 Å². The van der Waals surface area contributed by atoms with Gasteiger partial charge in [0.05, 0.1) is 25.9 Å². The predicted molar refractivity (Wildman–Crippen MR) is 97.2 cm³/mol. The molecule has 0 spiro atoms. The Labute approximate surface area is 163 Å². The van der Waals surface area contributed by atoms with Gasteiger partial charge in [0.15, 0.2) is 18.0 Å². The Kier molecular flexibility index (Phi) is 8.16. The Morgan fingerprint density at radius 2 is 2.11 bits per heavy atom. The Morgan fingerprint density at radius 3 is 2.75 bits per heavy atom. The van der Waals surface area contributed by atoms with Crippen LogP contribution in [-0.4, -0.2) is 79.6 Å². The van der Waals surface area contributed by atoms with E-state index in [1.807, 2.05) is 13.8 Å². The largest absolute Gasteiger partial charge is 0.479 e. The van der Waals surface area contributed by atoms with Crippen molar-refractivity contribution in [2.24, 2.45) is 5.92 Å². The van der Waals surface area contributed by atoms with Crippen LogP contribution in [0.5, 0.6) is 0 Å². The second-order valence-corrected chi connectivity index (χ2v) is 6.76. The van der Waals surface area contributed by atoms with Gasteiger partial charge in [0.2, 0.25) is 0 Å².